The summed E-state index contributed by atoms with van der Waals surface area (Å²) in [6.45, 7) is 12.3. The highest BCUT2D eigenvalue weighted by Gasteiger charge is 2.45. The Hall–Kier alpha value is -7.24. The van der Waals surface area contributed by atoms with Crippen molar-refractivity contribution < 1.29 is 48.8 Å². The summed E-state index contributed by atoms with van der Waals surface area (Å²) in [5.41, 5.74) is 15.0. The monoisotopic (exact) mass is 899 g/mol. The summed E-state index contributed by atoms with van der Waals surface area (Å²) in [6.07, 6.45) is 4.57. The Morgan fingerprint density at radius 2 is 1.78 bits per heavy atom. The number of hydrogen-bond donors (Lipinski definition) is 9. The number of allylic oxidation sites excluding steroid dienone is 3. The minimum Gasteiger partial charge on any atom is -0.385 e. The van der Waals surface area contributed by atoms with Crippen molar-refractivity contribution >= 4 is 58.6 Å². The van der Waals surface area contributed by atoms with E-state index in [9.17, 15) is 33.6 Å². The number of benzene rings is 2. The maximum Gasteiger partial charge on any atom is 0.264 e. The molecule has 1 unspecified atom stereocenters. The Bertz CT molecular complexity index is 2470. The number of amides is 6. The second kappa shape index (κ2) is 22.4. The number of piperidine rings is 1. The molecule has 0 spiro atoms. The third kappa shape index (κ3) is 12.3. The van der Waals surface area contributed by atoms with E-state index >= 15 is 0 Å². The van der Waals surface area contributed by atoms with Crippen molar-refractivity contribution in [2.45, 2.75) is 79.4 Å². The van der Waals surface area contributed by atoms with Crippen molar-refractivity contribution in [3.63, 3.8) is 0 Å². The van der Waals surface area contributed by atoms with Crippen LogP contribution in [-0.2, 0) is 41.0 Å². The molecule has 1 aromatic heterocycles. The molecule has 22 nitrogen and oxygen atoms in total. The lowest BCUT2D eigenvalue weighted by atomic mass is 9.96. The number of nitrogens with one attached hydrogen (secondary N) is 8. The summed E-state index contributed by atoms with van der Waals surface area (Å²) in [5.74, 6) is -3.36. The number of aromatic nitrogens is 1. The Labute approximate surface area is 373 Å². The molecule has 346 valence electrons. The van der Waals surface area contributed by atoms with Crippen LogP contribution in [0.1, 0.15) is 106 Å². The number of hydrogen-bond acceptors (Lipinski definition) is 17. The number of fused-ring (bicyclic) bond motifs is 1. The van der Waals surface area contributed by atoms with Crippen molar-refractivity contribution in [1.29, 1.82) is 5.41 Å². The Balaban J connectivity index is 1.07. The van der Waals surface area contributed by atoms with E-state index in [1.54, 1.807) is 19.1 Å². The molecule has 10 N–H and O–H groups in total. The zero-order valence-corrected chi connectivity index (χ0v) is 36.8. The first-order valence-electron chi connectivity index (χ1n) is 20.6. The summed E-state index contributed by atoms with van der Waals surface area (Å²) in [5, 5.41) is 28.3. The molecule has 6 amide bonds. The fourth-order valence-electron chi connectivity index (χ4n) is 7.04. The van der Waals surface area contributed by atoms with Crippen LogP contribution < -0.4 is 43.5 Å². The normalized spacial score (nSPS) is 15.2. The SMILES string of the molecule is CCN(CNCCC(=O)NOOOONc1cccc2c1C(=O)N(C1CCC(=O)NC1=O)C2=O)/C(N)=C/C=C(\C)c1cc(NC(C)C)c(C=N)c(C(=O)NCc2c(C)cc(C)[nH]c2=O)c1. The second-order valence-electron chi connectivity index (χ2n) is 15.4. The molecule has 0 saturated carbocycles. The summed E-state index contributed by atoms with van der Waals surface area (Å²) in [7, 11) is 0. The van der Waals surface area contributed by atoms with Gasteiger partial charge in [-0.2, -0.15) is 5.48 Å². The van der Waals surface area contributed by atoms with E-state index in [-0.39, 0.29) is 73.0 Å². The highest BCUT2D eigenvalue weighted by molar-refractivity contribution is 6.25. The quantitative estimate of drug-likeness (QED) is 0.0133. The molecule has 1 atom stereocenters. The van der Waals surface area contributed by atoms with Crippen LogP contribution in [0.15, 0.2) is 59.2 Å². The van der Waals surface area contributed by atoms with Gasteiger partial charge in [-0.25, -0.2) is 5.48 Å². The highest BCUT2D eigenvalue weighted by Crippen LogP contribution is 2.32. The van der Waals surface area contributed by atoms with Crippen LogP contribution >= 0.6 is 0 Å². The standard InChI is InChI=1S/C43H53N11O11/c1-7-53(35(45)13-11-24(4)27-18-29(30(20-44)33(19-27)48-23(2)3)39(57)47-21-31-25(5)17-26(6)49-40(31)58)22-46-16-15-37(56)52-63-65-64-62-51-32-10-8-9-28-38(32)43(61)54(42(28)60)34-12-14-36(55)50-41(34)59/h8-11,13,17-20,23,34,44,46,48,51H,7,12,14-16,21-22,45H2,1-6H3,(H,47,57)(H,49,58)(H,52,56)(H,50,55,59)/b24-11+,35-13+,44-20?. The molecule has 0 bridgehead atoms. The van der Waals surface area contributed by atoms with Crippen molar-refractivity contribution in [2.75, 3.05) is 30.6 Å². The van der Waals surface area contributed by atoms with Crippen molar-refractivity contribution in [3.05, 3.63) is 109 Å². The van der Waals surface area contributed by atoms with Crippen LogP contribution in [0.5, 0.6) is 0 Å². The number of carbonyl (C=O) groups excluding carboxylic acids is 6. The lowest BCUT2D eigenvalue weighted by molar-refractivity contribution is -0.638. The van der Waals surface area contributed by atoms with Crippen LogP contribution in [-0.4, -0.2) is 88.3 Å². The van der Waals surface area contributed by atoms with Gasteiger partial charge in [0, 0.05) is 67.2 Å². The Morgan fingerprint density at radius 1 is 1.03 bits per heavy atom. The predicted octanol–water partition coefficient (Wildman–Crippen LogP) is 2.47. The molecular formula is C43H53N11O11. The van der Waals surface area contributed by atoms with Gasteiger partial charge in [-0.1, -0.05) is 22.1 Å². The summed E-state index contributed by atoms with van der Waals surface area (Å²) >= 11 is 0. The van der Waals surface area contributed by atoms with Gasteiger partial charge in [0.15, 0.2) is 0 Å². The van der Waals surface area contributed by atoms with Gasteiger partial charge >= 0.3 is 0 Å². The van der Waals surface area contributed by atoms with Crippen LogP contribution in [0.2, 0.25) is 0 Å². The number of carbonyl (C=O) groups is 6. The number of aromatic amines is 1. The van der Waals surface area contributed by atoms with Crippen LogP contribution in [0.25, 0.3) is 5.57 Å². The molecule has 3 aromatic rings. The van der Waals surface area contributed by atoms with Crippen LogP contribution in [0.3, 0.4) is 0 Å². The first-order chi connectivity index (χ1) is 31.0. The minimum absolute atomic E-state index is 0.000159. The maximum absolute atomic E-state index is 13.6. The number of hydroxylamine groups is 1. The third-order valence-electron chi connectivity index (χ3n) is 10.3. The maximum atomic E-state index is 13.6. The molecule has 2 aromatic carbocycles. The van der Waals surface area contributed by atoms with E-state index in [1.807, 2.05) is 63.2 Å². The van der Waals surface area contributed by atoms with Crippen LogP contribution in [0, 0.1) is 19.3 Å². The average molecular weight is 900 g/mol. The molecule has 65 heavy (non-hydrogen) atoms. The molecule has 3 heterocycles. The van der Waals surface area contributed by atoms with E-state index in [0.29, 0.717) is 34.7 Å². The molecule has 1 saturated heterocycles. The molecule has 5 rings (SSSR count). The Kier molecular flexibility index (Phi) is 16.8. The first-order valence-corrected chi connectivity index (χ1v) is 20.6. The zero-order chi connectivity index (χ0) is 47.4. The number of nitrogens with zero attached hydrogens (tertiary/aromatic N) is 2. The number of imide groups is 2. The van der Waals surface area contributed by atoms with Crippen molar-refractivity contribution in [3.8, 4) is 0 Å². The fourth-order valence-corrected chi connectivity index (χ4v) is 7.04. The lowest BCUT2D eigenvalue weighted by Crippen LogP contribution is -2.54. The highest BCUT2D eigenvalue weighted by atomic mass is 17.7. The number of aryl methyl sites for hydroxylation is 2. The van der Waals surface area contributed by atoms with Gasteiger partial charge in [0.25, 0.3) is 23.3 Å². The van der Waals surface area contributed by atoms with Gasteiger partial charge in [0.1, 0.15) is 6.04 Å². The van der Waals surface area contributed by atoms with Gasteiger partial charge in [-0.3, -0.25) is 49.1 Å². The van der Waals surface area contributed by atoms with Gasteiger partial charge in [-0.15, -0.1) is 0 Å². The second-order valence-corrected chi connectivity index (χ2v) is 15.4. The number of nitrogens with two attached hydrogens (primary N) is 1. The van der Waals surface area contributed by atoms with Gasteiger partial charge in [0.2, 0.25) is 17.7 Å². The topological polar surface area (TPSA) is 301 Å². The Morgan fingerprint density at radius 3 is 2.48 bits per heavy atom. The summed E-state index contributed by atoms with van der Waals surface area (Å²) in [4.78, 5) is 103. The smallest absolute Gasteiger partial charge is 0.264 e. The molecular weight excluding hydrogens is 847 g/mol. The van der Waals surface area contributed by atoms with Crippen molar-refractivity contribution in [2.24, 2.45) is 5.73 Å². The lowest BCUT2D eigenvalue weighted by Gasteiger charge is -2.27. The number of H-pyrrole nitrogens is 1. The average Bonchev–Trinajstić information content (AvgIpc) is 3.51. The molecule has 1 fully saturated rings. The van der Waals surface area contributed by atoms with Crippen LogP contribution in [0.4, 0.5) is 11.4 Å². The number of rotatable bonds is 22. The van der Waals surface area contributed by atoms with Crippen molar-refractivity contribution in [1.82, 2.24) is 36.2 Å². The van der Waals surface area contributed by atoms with Gasteiger partial charge in [-0.05, 0) is 111 Å². The molecule has 2 aliphatic heterocycles. The summed E-state index contributed by atoms with van der Waals surface area (Å²) in [6, 6.07) is 8.50. The molecule has 22 heteroatoms. The largest absolute Gasteiger partial charge is 0.385 e. The molecule has 0 radical (unpaired) electrons. The van der Waals surface area contributed by atoms with E-state index < -0.39 is 41.5 Å². The van der Waals surface area contributed by atoms with E-state index in [2.05, 4.69) is 46.8 Å². The molecule has 2 aliphatic rings. The fraction of sp³-hybridized carbons (Fsp3) is 0.349. The van der Waals surface area contributed by atoms with Gasteiger partial charge < -0.3 is 31.7 Å². The zero-order valence-electron chi connectivity index (χ0n) is 36.8. The first kappa shape index (κ1) is 48.8. The van der Waals surface area contributed by atoms with Gasteiger partial charge in [0.05, 0.1) is 34.9 Å². The minimum atomic E-state index is -1.15. The number of pyridine rings is 1. The third-order valence-corrected chi connectivity index (χ3v) is 10.3. The summed E-state index contributed by atoms with van der Waals surface area (Å²) < 4.78 is 0. The van der Waals surface area contributed by atoms with E-state index in [4.69, 9.17) is 16.1 Å². The predicted molar refractivity (Wildman–Crippen MR) is 236 cm³/mol. The number of anilines is 2. The van der Waals surface area contributed by atoms with E-state index in [1.165, 1.54) is 18.2 Å². The molecule has 0 aliphatic carbocycles. The van der Waals surface area contributed by atoms with E-state index in [0.717, 1.165) is 27.9 Å².